The molecule has 0 unspecified atom stereocenters. The van der Waals surface area contributed by atoms with E-state index in [4.69, 9.17) is 11.6 Å². The van der Waals surface area contributed by atoms with Crippen LogP contribution in [-0.2, 0) is 11.2 Å². The van der Waals surface area contributed by atoms with Crippen LogP contribution in [0.25, 0.3) is 0 Å². The van der Waals surface area contributed by atoms with Gasteiger partial charge >= 0.3 is 5.97 Å². The average molecular weight is 265 g/mol. The van der Waals surface area contributed by atoms with Gasteiger partial charge in [-0.2, -0.15) is 0 Å². The van der Waals surface area contributed by atoms with Crippen LogP contribution in [-0.4, -0.2) is 11.1 Å². The Balaban J connectivity index is 1.88. The number of halogens is 1. The highest BCUT2D eigenvalue weighted by molar-refractivity contribution is 6.30. The van der Waals surface area contributed by atoms with Gasteiger partial charge in [-0.1, -0.05) is 30.2 Å². The number of aliphatic carboxylic acids is 1. The molecule has 2 aliphatic carbocycles. The highest BCUT2D eigenvalue weighted by atomic mass is 35.5. The van der Waals surface area contributed by atoms with Gasteiger partial charge in [0, 0.05) is 5.02 Å². The lowest BCUT2D eigenvalue weighted by molar-refractivity contribution is -0.152. The third-order valence-electron chi connectivity index (χ3n) is 4.83. The molecule has 2 aliphatic rings. The summed E-state index contributed by atoms with van der Waals surface area (Å²) in [6, 6.07) is 7.61. The van der Waals surface area contributed by atoms with Gasteiger partial charge < -0.3 is 5.11 Å². The second-order valence-electron chi connectivity index (χ2n) is 5.84. The van der Waals surface area contributed by atoms with Crippen molar-refractivity contribution in [3.8, 4) is 0 Å². The van der Waals surface area contributed by atoms with E-state index in [1.807, 2.05) is 24.3 Å². The fraction of sp³-hybridized carbons (Fsp3) is 0.533. The lowest BCUT2D eigenvalue weighted by Gasteiger charge is -2.33. The molecule has 0 saturated heterocycles. The molecule has 2 fully saturated rings. The minimum Gasteiger partial charge on any atom is -0.481 e. The molecule has 2 bridgehead atoms. The summed E-state index contributed by atoms with van der Waals surface area (Å²) in [5.41, 5.74) is 0.575. The van der Waals surface area contributed by atoms with Crippen molar-refractivity contribution in [2.24, 2.45) is 17.3 Å². The Labute approximate surface area is 112 Å². The Kier molecular flexibility index (Phi) is 2.86. The largest absolute Gasteiger partial charge is 0.481 e. The third-order valence-corrected chi connectivity index (χ3v) is 5.09. The van der Waals surface area contributed by atoms with Crippen molar-refractivity contribution in [3.63, 3.8) is 0 Å². The summed E-state index contributed by atoms with van der Waals surface area (Å²) in [5, 5.41) is 10.4. The van der Waals surface area contributed by atoms with E-state index in [-0.39, 0.29) is 0 Å². The van der Waals surface area contributed by atoms with E-state index in [1.54, 1.807) is 0 Å². The Hall–Kier alpha value is -1.02. The summed E-state index contributed by atoms with van der Waals surface area (Å²) >= 11 is 5.87. The maximum Gasteiger partial charge on any atom is 0.310 e. The zero-order valence-electron chi connectivity index (χ0n) is 10.2. The zero-order valence-corrected chi connectivity index (χ0v) is 11.0. The first-order valence-electron chi connectivity index (χ1n) is 6.58. The molecule has 0 radical (unpaired) electrons. The molecule has 3 rings (SSSR count). The SMILES string of the molecule is O=C(O)[C@@]1(Cc2ccc(Cl)cc2)C[C@@H]2CC[C@@H]1C2. The zero-order chi connectivity index (χ0) is 12.8. The minimum absolute atomic E-state index is 0.371. The van der Waals surface area contributed by atoms with Crippen molar-refractivity contribution in [2.75, 3.05) is 0 Å². The van der Waals surface area contributed by atoms with Gasteiger partial charge in [0.05, 0.1) is 5.41 Å². The number of benzene rings is 1. The molecule has 2 nitrogen and oxygen atoms in total. The van der Waals surface area contributed by atoms with Crippen LogP contribution in [0, 0.1) is 17.3 Å². The molecule has 2 saturated carbocycles. The van der Waals surface area contributed by atoms with E-state index in [0.29, 0.717) is 23.3 Å². The van der Waals surface area contributed by atoms with Crippen LogP contribution < -0.4 is 0 Å². The van der Waals surface area contributed by atoms with Crippen LogP contribution in [0.15, 0.2) is 24.3 Å². The summed E-state index contributed by atoms with van der Waals surface area (Å²) in [6.07, 6.45) is 4.93. The highest BCUT2D eigenvalue weighted by Gasteiger charge is 2.55. The van der Waals surface area contributed by atoms with Gasteiger partial charge in [-0.25, -0.2) is 0 Å². The Morgan fingerprint density at radius 3 is 2.56 bits per heavy atom. The minimum atomic E-state index is -0.607. The summed E-state index contributed by atoms with van der Waals surface area (Å²) in [6.45, 7) is 0. The molecular formula is C15H17ClO2. The average Bonchev–Trinajstić information content (AvgIpc) is 2.93. The second-order valence-corrected chi connectivity index (χ2v) is 6.28. The standard InChI is InChI=1S/C15H17ClO2/c16-13-5-2-10(3-6-13)8-15(14(17)18)9-11-1-4-12(15)7-11/h2-3,5-6,11-12H,1,4,7-9H2,(H,17,18)/t11-,12-,15+/m1/s1. The van der Waals surface area contributed by atoms with Crippen LogP contribution in [0.4, 0.5) is 0 Å². The number of hydrogen-bond donors (Lipinski definition) is 1. The van der Waals surface area contributed by atoms with Gasteiger partial charge in [0.15, 0.2) is 0 Å². The molecule has 3 heteroatoms. The molecular weight excluding hydrogens is 248 g/mol. The van der Waals surface area contributed by atoms with E-state index in [0.717, 1.165) is 24.8 Å². The van der Waals surface area contributed by atoms with Crippen molar-refractivity contribution < 1.29 is 9.90 Å². The molecule has 1 aromatic carbocycles. The molecule has 0 aromatic heterocycles. The van der Waals surface area contributed by atoms with E-state index in [9.17, 15) is 9.90 Å². The van der Waals surface area contributed by atoms with Crippen molar-refractivity contribution in [1.82, 2.24) is 0 Å². The maximum atomic E-state index is 11.8. The van der Waals surface area contributed by atoms with Gasteiger partial charge in [0.25, 0.3) is 0 Å². The lowest BCUT2D eigenvalue weighted by Crippen LogP contribution is -2.38. The Morgan fingerprint density at radius 2 is 2.06 bits per heavy atom. The van der Waals surface area contributed by atoms with Gasteiger partial charge in [-0.05, 0) is 55.2 Å². The number of carbonyl (C=O) groups is 1. The fourth-order valence-electron chi connectivity index (χ4n) is 3.96. The van der Waals surface area contributed by atoms with Crippen LogP contribution in [0.1, 0.15) is 31.2 Å². The summed E-state index contributed by atoms with van der Waals surface area (Å²) < 4.78 is 0. The van der Waals surface area contributed by atoms with Crippen LogP contribution >= 0.6 is 11.6 Å². The molecule has 0 amide bonds. The van der Waals surface area contributed by atoms with Crippen molar-refractivity contribution in [3.05, 3.63) is 34.9 Å². The van der Waals surface area contributed by atoms with Crippen molar-refractivity contribution in [2.45, 2.75) is 32.1 Å². The topological polar surface area (TPSA) is 37.3 Å². The Bertz CT molecular complexity index is 468. The quantitative estimate of drug-likeness (QED) is 0.902. The number of carboxylic acid groups (broad SMARTS) is 1. The first-order chi connectivity index (χ1) is 8.60. The number of carboxylic acids is 1. The molecule has 3 atom stereocenters. The predicted octanol–water partition coefficient (Wildman–Crippen LogP) is 3.77. The number of hydrogen-bond acceptors (Lipinski definition) is 1. The molecule has 1 aromatic rings. The van der Waals surface area contributed by atoms with Gasteiger partial charge in [0.2, 0.25) is 0 Å². The molecule has 96 valence electrons. The van der Waals surface area contributed by atoms with Gasteiger partial charge in [-0.3, -0.25) is 4.79 Å². The highest BCUT2D eigenvalue weighted by Crippen LogP contribution is 2.57. The van der Waals surface area contributed by atoms with Crippen LogP contribution in [0.5, 0.6) is 0 Å². The van der Waals surface area contributed by atoms with Gasteiger partial charge in [0.1, 0.15) is 0 Å². The van der Waals surface area contributed by atoms with Crippen molar-refractivity contribution in [1.29, 1.82) is 0 Å². The Morgan fingerprint density at radius 1 is 1.33 bits per heavy atom. The summed E-state index contributed by atoms with van der Waals surface area (Å²) in [7, 11) is 0. The van der Waals surface area contributed by atoms with E-state index in [1.165, 1.54) is 6.42 Å². The first kappa shape index (κ1) is 12.0. The second kappa shape index (κ2) is 4.27. The smallest absolute Gasteiger partial charge is 0.310 e. The van der Waals surface area contributed by atoms with Crippen molar-refractivity contribution >= 4 is 17.6 Å². The van der Waals surface area contributed by atoms with Gasteiger partial charge in [-0.15, -0.1) is 0 Å². The molecule has 0 aliphatic heterocycles. The fourth-order valence-corrected chi connectivity index (χ4v) is 4.09. The molecule has 0 heterocycles. The summed E-state index contributed by atoms with van der Waals surface area (Å²) in [5.74, 6) is 0.402. The number of rotatable bonds is 3. The number of fused-ring (bicyclic) bond motifs is 2. The van der Waals surface area contributed by atoms with Crippen LogP contribution in [0.3, 0.4) is 0 Å². The molecule has 0 spiro atoms. The monoisotopic (exact) mass is 264 g/mol. The van der Waals surface area contributed by atoms with E-state index >= 15 is 0 Å². The first-order valence-corrected chi connectivity index (χ1v) is 6.96. The molecule has 18 heavy (non-hydrogen) atoms. The predicted molar refractivity (Wildman–Crippen MR) is 70.7 cm³/mol. The molecule has 1 N–H and O–H groups in total. The van der Waals surface area contributed by atoms with E-state index in [2.05, 4.69) is 0 Å². The van der Waals surface area contributed by atoms with E-state index < -0.39 is 11.4 Å². The normalized spacial score (nSPS) is 33.8. The maximum absolute atomic E-state index is 11.8. The lowest BCUT2D eigenvalue weighted by atomic mass is 9.69. The summed E-state index contributed by atoms with van der Waals surface area (Å²) in [4.78, 5) is 11.8. The third kappa shape index (κ3) is 1.83. The van der Waals surface area contributed by atoms with Crippen LogP contribution in [0.2, 0.25) is 5.02 Å².